The summed E-state index contributed by atoms with van der Waals surface area (Å²) in [6.07, 6.45) is 1.83. The minimum absolute atomic E-state index is 0.0738. The van der Waals surface area contributed by atoms with Crippen molar-refractivity contribution in [2.45, 2.75) is 31.5 Å². The maximum atomic E-state index is 12.2. The van der Waals surface area contributed by atoms with Gasteiger partial charge >= 0.3 is 0 Å². The third-order valence-electron chi connectivity index (χ3n) is 6.26. The van der Waals surface area contributed by atoms with Crippen LogP contribution in [0.1, 0.15) is 35.7 Å². The maximum absolute atomic E-state index is 12.2. The second-order valence-electron chi connectivity index (χ2n) is 8.37. The first kappa shape index (κ1) is 18.6. The SMILES string of the molecule is CN(C)Cc1ccc2c(c1-c1ccccc1)c1c(n2C)C(=S(=O)=O)C2CCC1N2. The van der Waals surface area contributed by atoms with Crippen molar-refractivity contribution in [1.82, 2.24) is 14.8 Å². The number of nitrogens with zero attached hydrogens (tertiary/aromatic N) is 2. The molecule has 29 heavy (non-hydrogen) atoms. The Morgan fingerprint density at radius 1 is 1.07 bits per heavy atom. The van der Waals surface area contributed by atoms with E-state index in [-0.39, 0.29) is 12.1 Å². The molecule has 6 heteroatoms. The van der Waals surface area contributed by atoms with Crippen LogP contribution in [0.15, 0.2) is 42.5 Å². The molecule has 1 aromatic heterocycles. The zero-order chi connectivity index (χ0) is 20.3. The van der Waals surface area contributed by atoms with Crippen LogP contribution in [0.5, 0.6) is 0 Å². The number of aromatic nitrogens is 1. The van der Waals surface area contributed by atoms with E-state index in [4.69, 9.17) is 0 Å². The Hall–Kier alpha value is -2.41. The summed E-state index contributed by atoms with van der Waals surface area (Å²) >= 11 is 0. The van der Waals surface area contributed by atoms with E-state index in [9.17, 15) is 8.42 Å². The molecule has 5 nitrogen and oxygen atoms in total. The summed E-state index contributed by atoms with van der Waals surface area (Å²) in [6, 6.07) is 14.9. The number of aryl methyl sites for hydroxylation is 1. The number of nitrogens with one attached hydrogen (secondary N) is 1. The molecule has 1 saturated heterocycles. The minimum atomic E-state index is -2.24. The molecule has 3 aromatic rings. The molecule has 0 radical (unpaired) electrons. The molecule has 0 aliphatic carbocycles. The smallest absolute Gasteiger partial charge is 0.221 e. The molecule has 2 aromatic carbocycles. The van der Waals surface area contributed by atoms with Gasteiger partial charge in [0.25, 0.3) is 0 Å². The van der Waals surface area contributed by atoms with Gasteiger partial charge in [0.15, 0.2) is 0 Å². The minimum Gasteiger partial charge on any atom is -0.343 e. The number of fused-ring (bicyclic) bond motifs is 6. The average Bonchev–Trinajstić information content (AvgIpc) is 3.22. The van der Waals surface area contributed by atoms with Gasteiger partial charge in [-0.3, -0.25) is 0 Å². The largest absolute Gasteiger partial charge is 0.343 e. The van der Waals surface area contributed by atoms with E-state index in [2.05, 4.69) is 65.3 Å². The van der Waals surface area contributed by atoms with Crippen LogP contribution in [0.4, 0.5) is 0 Å². The highest BCUT2D eigenvalue weighted by atomic mass is 32.2. The molecule has 150 valence electrons. The first-order valence-corrected chi connectivity index (χ1v) is 11.1. The quantitative estimate of drug-likeness (QED) is 0.678. The van der Waals surface area contributed by atoms with Crippen LogP contribution in [-0.2, 0) is 23.9 Å². The predicted molar refractivity (Wildman–Crippen MR) is 118 cm³/mol. The highest BCUT2D eigenvalue weighted by Gasteiger charge is 2.41. The van der Waals surface area contributed by atoms with Gasteiger partial charge in [0.2, 0.25) is 10.3 Å². The van der Waals surface area contributed by atoms with Crippen molar-refractivity contribution in [2.75, 3.05) is 14.1 Å². The summed E-state index contributed by atoms with van der Waals surface area (Å²) < 4.78 is 26.5. The maximum Gasteiger partial charge on any atom is 0.221 e. The van der Waals surface area contributed by atoms with E-state index in [0.29, 0.717) is 4.86 Å². The highest BCUT2D eigenvalue weighted by Crippen LogP contribution is 2.45. The van der Waals surface area contributed by atoms with E-state index in [1.54, 1.807) is 0 Å². The van der Waals surface area contributed by atoms with Crippen molar-refractivity contribution in [2.24, 2.45) is 7.05 Å². The molecule has 1 fully saturated rings. The van der Waals surface area contributed by atoms with Gasteiger partial charge in [-0.25, -0.2) is 0 Å². The van der Waals surface area contributed by atoms with Crippen molar-refractivity contribution in [3.05, 3.63) is 59.3 Å². The van der Waals surface area contributed by atoms with Crippen molar-refractivity contribution < 1.29 is 8.42 Å². The molecule has 2 atom stereocenters. The summed E-state index contributed by atoms with van der Waals surface area (Å²) in [5.74, 6) is 0. The van der Waals surface area contributed by atoms with Gasteiger partial charge in [0.05, 0.1) is 5.69 Å². The Bertz CT molecular complexity index is 1250. The van der Waals surface area contributed by atoms with Gasteiger partial charge < -0.3 is 14.8 Å². The molecule has 5 rings (SSSR count). The monoisotopic (exact) mass is 407 g/mol. The number of hydrogen-bond acceptors (Lipinski definition) is 4. The summed E-state index contributed by atoms with van der Waals surface area (Å²) in [5.41, 5.74) is 6.78. The topological polar surface area (TPSA) is 54.3 Å². The van der Waals surface area contributed by atoms with Gasteiger partial charge in [0, 0.05) is 42.1 Å². The Balaban J connectivity index is 1.94. The molecule has 1 N–H and O–H groups in total. The number of hydrogen-bond donors (Lipinski definition) is 1. The molecular weight excluding hydrogens is 382 g/mol. The van der Waals surface area contributed by atoms with E-state index >= 15 is 0 Å². The van der Waals surface area contributed by atoms with Crippen LogP contribution in [0.2, 0.25) is 0 Å². The summed E-state index contributed by atoms with van der Waals surface area (Å²) in [7, 11) is 3.91. The van der Waals surface area contributed by atoms with Crippen molar-refractivity contribution in [1.29, 1.82) is 0 Å². The third-order valence-corrected chi connectivity index (χ3v) is 7.10. The zero-order valence-electron chi connectivity index (χ0n) is 16.9. The Morgan fingerprint density at radius 2 is 1.79 bits per heavy atom. The molecule has 2 unspecified atom stereocenters. The van der Waals surface area contributed by atoms with Crippen LogP contribution in [0, 0.1) is 0 Å². The normalized spacial score (nSPS) is 20.5. The Morgan fingerprint density at radius 3 is 2.48 bits per heavy atom. The first-order chi connectivity index (χ1) is 14.0. The molecular formula is C23H25N3O2S. The number of benzene rings is 2. The zero-order valence-corrected chi connectivity index (χ0v) is 17.8. The second-order valence-corrected chi connectivity index (χ2v) is 9.28. The van der Waals surface area contributed by atoms with Crippen molar-refractivity contribution in [3.63, 3.8) is 0 Å². The lowest BCUT2D eigenvalue weighted by molar-refractivity contribution is 0.403. The Labute approximate surface area is 172 Å². The number of rotatable bonds is 3. The molecule has 2 bridgehead atoms. The molecule has 0 saturated carbocycles. The fourth-order valence-electron chi connectivity index (χ4n) is 5.19. The van der Waals surface area contributed by atoms with E-state index in [1.165, 1.54) is 22.1 Å². The summed E-state index contributed by atoms with van der Waals surface area (Å²) in [6.45, 7) is 0.828. The van der Waals surface area contributed by atoms with Crippen LogP contribution < -0.4 is 5.32 Å². The van der Waals surface area contributed by atoms with Gasteiger partial charge in [-0.1, -0.05) is 36.4 Å². The van der Waals surface area contributed by atoms with E-state index in [1.807, 2.05) is 13.1 Å². The van der Waals surface area contributed by atoms with E-state index in [0.717, 1.165) is 36.2 Å². The molecule has 2 aliphatic rings. The first-order valence-electron chi connectivity index (χ1n) is 10.0. The molecule has 0 spiro atoms. The van der Waals surface area contributed by atoms with Crippen molar-refractivity contribution in [3.8, 4) is 11.1 Å². The standard InChI is InChI=1S/C23H25N3O2S/c1-25(2)13-15-9-12-18-21(19(15)14-7-5-4-6-8-14)20-16-10-11-17(24-16)23(29(27)28)22(20)26(18)3/h4-9,12,16-17,24H,10-11,13H2,1-3H3. The molecule has 2 aliphatic heterocycles. The van der Waals surface area contributed by atoms with Gasteiger partial charge in [-0.2, -0.15) is 8.42 Å². The molecule has 3 heterocycles. The average molecular weight is 408 g/mol. The van der Waals surface area contributed by atoms with Crippen LogP contribution in [-0.4, -0.2) is 42.9 Å². The fourth-order valence-corrected chi connectivity index (χ4v) is 6.01. The third kappa shape index (κ3) is 2.78. The lowest BCUT2D eigenvalue weighted by Gasteiger charge is -2.24. The lowest BCUT2D eigenvalue weighted by Crippen LogP contribution is -2.39. The van der Waals surface area contributed by atoms with Crippen molar-refractivity contribution >= 4 is 26.1 Å². The molecule has 0 amide bonds. The fraction of sp³-hybridized carbons (Fsp3) is 0.348. The van der Waals surface area contributed by atoms with Gasteiger partial charge in [-0.15, -0.1) is 0 Å². The Kier molecular flexibility index (Phi) is 4.38. The predicted octanol–water partition coefficient (Wildman–Crippen LogP) is 3.11. The second kappa shape index (κ2) is 6.83. The lowest BCUT2D eigenvalue weighted by atomic mass is 9.90. The van der Waals surface area contributed by atoms with Gasteiger partial charge in [-0.05, 0) is 49.7 Å². The summed E-state index contributed by atoms with van der Waals surface area (Å²) in [5, 5.41) is 4.76. The van der Waals surface area contributed by atoms with Crippen LogP contribution >= 0.6 is 0 Å². The van der Waals surface area contributed by atoms with Gasteiger partial charge in [0.1, 0.15) is 4.86 Å². The van der Waals surface area contributed by atoms with E-state index < -0.39 is 10.3 Å². The highest BCUT2D eigenvalue weighted by molar-refractivity contribution is 7.73. The summed E-state index contributed by atoms with van der Waals surface area (Å²) in [4.78, 5) is 2.69. The van der Waals surface area contributed by atoms with Crippen LogP contribution in [0.3, 0.4) is 0 Å². The van der Waals surface area contributed by atoms with Crippen LogP contribution in [0.25, 0.3) is 22.0 Å².